The third kappa shape index (κ3) is 6.44. The Morgan fingerprint density at radius 1 is 1.28 bits per heavy atom. The SMILES string of the molecule is CC(C)(C)C(=O)OCC(C)(NC(=S)Nc1c(N)cccc1Cn1ccoc1=N)c1ccc(F)c(Cl)c1. The molecule has 0 amide bonds. The van der Waals surface area contributed by atoms with Crippen LogP contribution in [0.2, 0.25) is 5.02 Å². The van der Waals surface area contributed by atoms with Crippen molar-refractivity contribution in [3.8, 4) is 0 Å². The highest BCUT2D eigenvalue weighted by atomic mass is 35.5. The molecule has 3 aromatic rings. The second-order valence-corrected chi connectivity index (χ2v) is 10.4. The molecule has 0 spiro atoms. The molecule has 0 aliphatic heterocycles. The molecule has 2 aromatic carbocycles. The van der Waals surface area contributed by atoms with Gasteiger partial charge in [0.1, 0.15) is 18.7 Å². The second-order valence-electron chi connectivity index (χ2n) is 9.58. The molecule has 0 saturated carbocycles. The largest absolute Gasteiger partial charge is 0.462 e. The predicted octanol–water partition coefficient (Wildman–Crippen LogP) is 4.77. The summed E-state index contributed by atoms with van der Waals surface area (Å²) >= 11 is 11.6. The van der Waals surface area contributed by atoms with Gasteiger partial charge in [-0.25, -0.2) is 4.39 Å². The zero-order valence-corrected chi connectivity index (χ0v) is 22.0. The number of benzene rings is 2. The van der Waals surface area contributed by atoms with Gasteiger partial charge in [0, 0.05) is 6.20 Å². The van der Waals surface area contributed by atoms with Crippen LogP contribution in [0.4, 0.5) is 15.8 Å². The number of carbonyl (C=O) groups excluding carboxylic acids is 1. The van der Waals surface area contributed by atoms with Crippen molar-refractivity contribution in [1.29, 1.82) is 5.41 Å². The van der Waals surface area contributed by atoms with E-state index < -0.39 is 22.7 Å². The molecular formula is C25H29ClFN5O3S. The van der Waals surface area contributed by atoms with Crippen LogP contribution in [-0.4, -0.2) is 22.3 Å². The molecule has 0 bridgehead atoms. The predicted molar refractivity (Wildman–Crippen MR) is 141 cm³/mol. The summed E-state index contributed by atoms with van der Waals surface area (Å²) in [4.78, 5) is 12.5. The van der Waals surface area contributed by atoms with Crippen LogP contribution in [0.3, 0.4) is 0 Å². The van der Waals surface area contributed by atoms with Crippen molar-refractivity contribution in [2.45, 2.75) is 39.8 Å². The van der Waals surface area contributed by atoms with Gasteiger partial charge in [-0.1, -0.05) is 29.8 Å². The number of rotatable bonds is 7. The number of nitrogen functional groups attached to an aromatic ring is 1. The number of carbonyl (C=O) groups is 1. The lowest BCUT2D eigenvalue weighted by atomic mass is 9.92. The van der Waals surface area contributed by atoms with Crippen LogP contribution >= 0.6 is 23.8 Å². The number of aromatic nitrogens is 1. The van der Waals surface area contributed by atoms with Crippen molar-refractivity contribution < 1.29 is 18.3 Å². The van der Waals surface area contributed by atoms with Gasteiger partial charge in [0.05, 0.1) is 33.9 Å². The standard InChI is InChI=1S/C25H29ClFN5O3S/c1-24(2,3)21(33)35-14-25(4,16-8-9-18(27)17(26)12-16)31-23(36)30-20-15(6-5-7-19(20)28)13-32-10-11-34-22(32)29/h5-12,29H,13-14,28H2,1-4H3,(H2,30,31,36). The normalized spacial score (nSPS) is 13.1. The Morgan fingerprint density at radius 3 is 2.61 bits per heavy atom. The number of hydrogen-bond acceptors (Lipinski definition) is 6. The van der Waals surface area contributed by atoms with E-state index in [4.69, 9.17) is 44.1 Å². The van der Waals surface area contributed by atoms with Gasteiger partial charge >= 0.3 is 5.97 Å². The lowest BCUT2D eigenvalue weighted by molar-refractivity contribution is -0.155. The summed E-state index contributed by atoms with van der Waals surface area (Å²) in [5.74, 6) is -0.970. The summed E-state index contributed by atoms with van der Waals surface area (Å²) in [6.45, 7) is 7.24. The van der Waals surface area contributed by atoms with Gasteiger partial charge in [0.25, 0.3) is 5.68 Å². The molecule has 192 valence electrons. The van der Waals surface area contributed by atoms with E-state index in [1.165, 1.54) is 18.4 Å². The Bertz CT molecular complexity index is 1330. The van der Waals surface area contributed by atoms with Crippen LogP contribution in [0.25, 0.3) is 0 Å². The van der Waals surface area contributed by atoms with Gasteiger partial charge in [-0.3, -0.25) is 14.8 Å². The molecule has 5 N–H and O–H groups in total. The average Bonchev–Trinajstić information content (AvgIpc) is 3.20. The highest BCUT2D eigenvalue weighted by Gasteiger charge is 2.33. The zero-order chi connectivity index (χ0) is 26.7. The van der Waals surface area contributed by atoms with E-state index >= 15 is 0 Å². The number of nitrogens with zero attached hydrogens (tertiary/aromatic N) is 1. The Morgan fingerprint density at radius 2 is 2.00 bits per heavy atom. The van der Waals surface area contributed by atoms with Crippen LogP contribution in [0.1, 0.15) is 38.8 Å². The van der Waals surface area contributed by atoms with E-state index in [0.717, 1.165) is 5.56 Å². The summed E-state index contributed by atoms with van der Waals surface area (Å²) in [5, 5.41) is 14.3. The number of oxazole rings is 1. The molecule has 1 unspecified atom stereocenters. The van der Waals surface area contributed by atoms with Gasteiger partial charge in [-0.2, -0.15) is 0 Å². The third-order valence-electron chi connectivity index (χ3n) is 5.49. The maximum atomic E-state index is 13.9. The molecule has 8 nitrogen and oxygen atoms in total. The minimum atomic E-state index is -1.06. The van der Waals surface area contributed by atoms with E-state index in [-0.39, 0.29) is 22.4 Å². The van der Waals surface area contributed by atoms with Gasteiger partial charge in [0.15, 0.2) is 5.11 Å². The Labute approximate surface area is 219 Å². The molecule has 1 heterocycles. The molecule has 0 aliphatic rings. The summed E-state index contributed by atoms with van der Waals surface area (Å²) in [5.41, 5.74) is 6.78. The number of ether oxygens (including phenoxy) is 1. The summed E-state index contributed by atoms with van der Waals surface area (Å²) < 4.78 is 26.1. The molecule has 1 aromatic heterocycles. The number of esters is 1. The first-order chi connectivity index (χ1) is 16.8. The van der Waals surface area contributed by atoms with Gasteiger partial charge in [-0.05, 0) is 69.2 Å². The van der Waals surface area contributed by atoms with Crippen molar-refractivity contribution in [3.63, 3.8) is 0 Å². The van der Waals surface area contributed by atoms with Crippen LogP contribution < -0.4 is 22.1 Å². The maximum Gasteiger partial charge on any atom is 0.311 e. The lowest BCUT2D eigenvalue weighted by Crippen LogP contribution is -2.49. The molecule has 3 rings (SSSR count). The average molecular weight is 534 g/mol. The minimum Gasteiger partial charge on any atom is -0.462 e. The number of hydrogen-bond donors (Lipinski definition) is 4. The highest BCUT2D eigenvalue weighted by Crippen LogP contribution is 2.29. The summed E-state index contributed by atoms with van der Waals surface area (Å²) in [6, 6.07) is 9.63. The number of nitrogens with one attached hydrogen (secondary N) is 3. The fraction of sp³-hybridized carbons (Fsp3) is 0.320. The van der Waals surface area contributed by atoms with Crippen molar-refractivity contribution in [1.82, 2.24) is 9.88 Å². The van der Waals surface area contributed by atoms with E-state index in [1.807, 2.05) is 6.07 Å². The number of anilines is 2. The van der Waals surface area contributed by atoms with Gasteiger partial charge in [-0.15, -0.1) is 0 Å². The first-order valence-electron chi connectivity index (χ1n) is 11.1. The molecule has 11 heteroatoms. The number of nitrogens with two attached hydrogens (primary N) is 1. The minimum absolute atomic E-state index is 0.00879. The summed E-state index contributed by atoms with van der Waals surface area (Å²) in [7, 11) is 0. The number of para-hydroxylation sites is 1. The molecule has 0 radical (unpaired) electrons. The fourth-order valence-electron chi connectivity index (χ4n) is 3.37. The first kappa shape index (κ1) is 27.2. The monoisotopic (exact) mass is 533 g/mol. The van der Waals surface area contributed by atoms with Crippen LogP contribution in [0, 0.1) is 16.6 Å². The van der Waals surface area contributed by atoms with E-state index in [2.05, 4.69) is 10.6 Å². The van der Waals surface area contributed by atoms with Gasteiger partial charge in [0.2, 0.25) is 0 Å². The van der Waals surface area contributed by atoms with E-state index in [9.17, 15) is 9.18 Å². The topological polar surface area (TPSA) is 118 Å². The number of thiocarbonyl (C=S) groups is 1. The van der Waals surface area contributed by atoms with Crippen LogP contribution in [0.5, 0.6) is 0 Å². The third-order valence-corrected chi connectivity index (χ3v) is 5.99. The highest BCUT2D eigenvalue weighted by molar-refractivity contribution is 7.80. The van der Waals surface area contributed by atoms with Crippen LogP contribution in [-0.2, 0) is 21.6 Å². The Kier molecular flexibility index (Phi) is 8.10. The molecule has 0 saturated heterocycles. The first-order valence-corrected chi connectivity index (χ1v) is 11.9. The van der Waals surface area contributed by atoms with E-state index in [0.29, 0.717) is 23.5 Å². The molecular weight excluding hydrogens is 505 g/mol. The van der Waals surface area contributed by atoms with Crippen LogP contribution in [0.15, 0.2) is 53.3 Å². The van der Waals surface area contributed by atoms with Crippen molar-refractivity contribution in [2.24, 2.45) is 5.41 Å². The van der Waals surface area contributed by atoms with Crippen molar-refractivity contribution in [3.05, 3.63) is 76.5 Å². The Hall–Kier alpha value is -3.37. The smallest absolute Gasteiger partial charge is 0.311 e. The van der Waals surface area contributed by atoms with Gasteiger partial charge < -0.3 is 25.5 Å². The maximum absolute atomic E-state index is 13.9. The fourth-order valence-corrected chi connectivity index (χ4v) is 3.88. The molecule has 1 atom stereocenters. The zero-order valence-electron chi connectivity index (χ0n) is 20.4. The summed E-state index contributed by atoms with van der Waals surface area (Å²) in [6.07, 6.45) is 3.07. The molecule has 0 aliphatic carbocycles. The van der Waals surface area contributed by atoms with Crippen molar-refractivity contribution >= 4 is 46.3 Å². The number of halogens is 2. The van der Waals surface area contributed by atoms with Crippen molar-refractivity contribution in [2.75, 3.05) is 17.7 Å². The lowest BCUT2D eigenvalue weighted by Gasteiger charge is -2.33. The Balaban J connectivity index is 1.88. The second kappa shape index (κ2) is 10.7. The quantitative estimate of drug-likeness (QED) is 0.196. The molecule has 36 heavy (non-hydrogen) atoms. The van der Waals surface area contributed by atoms with E-state index in [1.54, 1.807) is 56.7 Å². The molecule has 0 fully saturated rings.